The Bertz CT molecular complexity index is 1340. The fourth-order valence-corrected chi connectivity index (χ4v) is 6.90. The van der Waals surface area contributed by atoms with E-state index in [2.05, 4.69) is 29.5 Å². The van der Waals surface area contributed by atoms with Crippen LogP contribution in [-0.4, -0.2) is 110 Å². The fraction of sp³-hybridized carbons (Fsp3) is 0.594. The van der Waals surface area contributed by atoms with Crippen molar-refractivity contribution in [3.05, 3.63) is 42.2 Å². The number of Topliss-reactive ketones (excluding diaryl/α,β-unsaturated/α-hetero) is 1. The number of nitriles is 1. The fourth-order valence-electron chi connectivity index (χ4n) is 6.90. The molecular formula is C32H42FN7O3. The normalized spacial score (nSPS) is 27.7. The van der Waals surface area contributed by atoms with Gasteiger partial charge in [-0.25, -0.2) is 14.4 Å². The first-order chi connectivity index (χ1) is 20.7. The number of amides is 1. The minimum Gasteiger partial charge on any atom is -0.374 e. The maximum Gasteiger partial charge on any atom is 0.247 e. The van der Waals surface area contributed by atoms with Gasteiger partial charge in [-0.3, -0.25) is 9.59 Å². The molecular weight excluding hydrogens is 549 g/mol. The standard InChI is InChI=1S/C32H42FN7O3/c1-5-28(41)40-17-16-39(19-23(40)13-14-34)31-25-12-11-22(18-38(4)27-10-6-9-26(33)21(27)2)30(42)29(25)35-32(36-31)43-20-24-8-7-15-37(24)3/h5-6,9-10,22-25,32H,1,7-8,11-13,15-20H2,2-4H3/t22-,23?,24?,25?,32?/m0/s1. The van der Waals surface area contributed by atoms with Crippen molar-refractivity contribution in [2.24, 2.45) is 21.8 Å². The second-order valence-corrected chi connectivity index (χ2v) is 12.1. The van der Waals surface area contributed by atoms with Crippen LogP contribution in [0.2, 0.25) is 0 Å². The predicted octanol–water partition coefficient (Wildman–Crippen LogP) is 3.03. The van der Waals surface area contributed by atoms with Crippen LogP contribution in [0.15, 0.2) is 40.8 Å². The predicted molar refractivity (Wildman–Crippen MR) is 163 cm³/mol. The van der Waals surface area contributed by atoms with E-state index in [0.717, 1.165) is 30.9 Å². The van der Waals surface area contributed by atoms with E-state index in [-0.39, 0.29) is 47.8 Å². The topological polar surface area (TPSA) is 105 Å². The molecule has 0 bridgehead atoms. The molecule has 0 aromatic heterocycles. The summed E-state index contributed by atoms with van der Waals surface area (Å²) in [5, 5.41) is 9.49. The number of ketones is 1. The number of carbonyl (C=O) groups excluding carboxylic acids is 2. The number of hydrogen-bond donors (Lipinski definition) is 0. The number of halogens is 1. The Hall–Kier alpha value is -3.62. The number of likely N-dealkylation sites (tertiary alicyclic amines) is 1. The van der Waals surface area contributed by atoms with Gasteiger partial charge in [-0.2, -0.15) is 5.26 Å². The molecule has 3 heterocycles. The highest BCUT2D eigenvalue weighted by Crippen LogP contribution is 2.33. The van der Waals surface area contributed by atoms with E-state index in [1.165, 1.54) is 12.1 Å². The Balaban J connectivity index is 1.38. The molecule has 230 valence electrons. The van der Waals surface area contributed by atoms with Gasteiger partial charge in [-0.1, -0.05) is 12.6 Å². The van der Waals surface area contributed by atoms with Crippen molar-refractivity contribution in [1.82, 2.24) is 14.7 Å². The van der Waals surface area contributed by atoms with E-state index < -0.39 is 6.35 Å². The van der Waals surface area contributed by atoms with Crippen molar-refractivity contribution in [2.75, 3.05) is 58.3 Å². The molecule has 5 atom stereocenters. The van der Waals surface area contributed by atoms with Crippen LogP contribution >= 0.6 is 0 Å². The van der Waals surface area contributed by atoms with E-state index in [4.69, 9.17) is 14.7 Å². The largest absolute Gasteiger partial charge is 0.374 e. The first-order valence-electron chi connectivity index (χ1n) is 15.2. The molecule has 0 spiro atoms. The van der Waals surface area contributed by atoms with Gasteiger partial charge >= 0.3 is 0 Å². The second-order valence-electron chi connectivity index (χ2n) is 12.1. The number of carbonyl (C=O) groups is 2. The lowest BCUT2D eigenvalue weighted by molar-refractivity contribution is -0.130. The average Bonchev–Trinajstić information content (AvgIpc) is 3.42. The van der Waals surface area contributed by atoms with Crippen LogP contribution in [0.5, 0.6) is 0 Å². The van der Waals surface area contributed by atoms with E-state index in [0.29, 0.717) is 56.9 Å². The second kappa shape index (κ2) is 13.3. The summed E-state index contributed by atoms with van der Waals surface area (Å²) in [4.78, 5) is 44.3. The van der Waals surface area contributed by atoms with Crippen LogP contribution in [0, 0.1) is 35.9 Å². The molecule has 0 N–H and O–H groups in total. The lowest BCUT2D eigenvalue weighted by atomic mass is 9.77. The van der Waals surface area contributed by atoms with Crippen molar-refractivity contribution in [1.29, 1.82) is 5.26 Å². The molecule has 10 nitrogen and oxygen atoms in total. The number of rotatable bonds is 8. The molecule has 3 fully saturated rings. The van der Waals surface area contributed by atoms with Crippen LogP contribution in [0.1, 0.15) is 37.7 Å². The van der Waals surface area contributed by atoms with Crippen LogP contribution in [0.25, 0.3) is 0 Å². The van der Waals surface area contributed by atoms with Gasteiger partial charge < -0.3 is 24.3 Å². The smallest absolute Gasteiger partial charge is 0.247 e. The zero-order chi connectivity index (χ0) is 30.7. The molecule has 11 heteroatoms. The number of nitrogens with zero attached hydrogens (tertiary/aromatic N) is 7. The maximum absolute atomic E-state index is 14.3. The van der Waals surface area contributed by atoms with Crippen LogP contribution in [-0.2, 0) is 14.3 Å². The summed E-state index contributed by atoms with van der Waals surface area (Å²) in [6, 6.07) is 7.18. The summed E-state index contributed by atoms with van der Waals surface area (Å²) in [5.74, 6) is -0.299. The summed E-state index contributed by atoms with van der Waals surface area (Å²) in [7, 11) is 3.98. The minimum absolute atomic E-state index is 0.0230. The lowest BCUT2D eigenvalue weighted by Gasteiger charge is -2.45. The van der Waals surface area contributed by atoms with Gasteiger partial charge in [0.25, 0.3) is 0 Å². The quantitative estimate of drug-likeness (QED) is 0.428. The number of piperazine rings is 1. The molecule has 1 saturated carbocycles. The number of fused-ring (bicyclic) bond motifs is 1. The van der Waals surface area contributed by atoms with Crippen molar-refractivity contribution in [3.63, 3.8) is 0 Å². The molecule has 1 aliphatic carbocycles. The monoisotopic (exact) mass is 591 g/mol. The molecule has 1 amide bonds. The molecule has 4 aliphatic rings. The van der Waals surface area contributed by atoms with Gasteiger partial charge in [0, 0.05) is 56.4 Å². The number of amidine groups is 1. The van der Waals surface area contributed by atoms with Crippen LogP contribution in [0.3, 0.4) is 0 Å². The average molecular weight is 592 g/mol. The highest BCUT2D eigenvalue weighted by atomic mass is 19.1. The highest BCUT2D eigenvalue weighted by molar-refractivity contribution is 6.45. The van der Waals surface area contributed by atoms with Crippen molar-refractivity contribution in [2.45, 2.75) is 57.5 Å². The van der Waals surface area contributed by atoms with Crippen molar-refractivity contribution < 1.29 is 18.7 Å². The molecule has 0 radical (unpaired) electrons. The number of hydrogen-bond acceptors (Lipinski definition) is 9. The minimum atomic E-state index is -0.830. The molecule has 43 heavy (non-hydrogen) atoms. The summed E-state index contributed by atoms with van der Waals surface area (Å²) in [6.45, 7) is 8.71. The van der Waals surface area contributed by atoms with Gasteiger partial charge in [-0.15, -0.1) is 0 Å². The van der Waals surface area contributed by atoms with Crippen LogP contribution < -0.4 is 4.90 Å². The Kier molecular flexibility index (Phi) is 9.57. The van der Waals surface area contributed by atoms with Crippen LogP contribution in [0.4, 0.5) is 10.1 Å². The van der Waals surface area contributed by atoms with E-state index in [1.54, 1.807) is 17.9 Å². The molecule has 2 saturated heterocycles. The van der Waals surface area contributed by atoms with Crippen molar-refractivity contribution >= 4 is 28.9 Å². The van der Waals surface area contributed by atoms with Gasteiger partial charge in [-0.05, 0) is 64.4 Å². The number of ether oxygens (including phenoxy) is 1. The molecule has 4 unspecified atom stereocenters. The first-order valence-corrected chi connectivity index (χ1v) is 15.2. The number of likely N-dealkylation sites (N-methyl/N-ethyl adjacent to an activating group) is 1. The third-order valence-corrected chi connectivity index (χ3v) is 9.41. The third-order valence-electron chi connectivity index (χ3n) is 9.41. The Labute approximate surface area is 253 Å². The molecule has 1 aromatic rings. The summed E-state index contributed by atoms with van der Waals surface area (Å²) in [6.07, 6.45) is 4.15. The van der Waals surface area contributed by atoms with E-state index >= 15 is 0 Å². The number of benzene rings is 1. The first kappa shape index (κ1) is 30.8. The molecule has 3 aliphatic heterocycles. The SMILES string of the molecule is C=CC(=O)N1CCN(C2=NC(OCC3CCCN3C)N=C3C(=O)[C@H](CN(C)c4cccc(F)c4C)CCC32)CC1CC#N. The van der Waals surface area contributed by atoms with E-state index in [9.17, 15) is 19.2 Å². The zero-order valence-electron chi connectivity index (χ0n) is 25.4. The van der Waals surface area contributed by atoms with Gasteiger partial charge in [0.2, 0.25) is 12.3 Å². The van der Waals surface area contributed by atoms with Gasteiger partial charge in [0.1, 0.15) is 11.7 Å². The zero-order valence-corrected chi connectivity index (χ0v) is 25.4. The molecule has 1 aromatic carbocycles. The number of anilines is 1. The third kappa shape index (κ3) is 6.50. The summed E-state index contributed by atoms with van der Waals surface area (Å²) < 4.78 is 20.5. The lowest BCUT2D eigenvalue weighted by Crippen LogP contribution is -2.59. The Morgan fingerprint density at radius 3 is 2.77 bits per heavy atom. The summed E-state index contributed by atoms with van der Waals surface area (Å²) in [5.41, 5.74) is 1.80. The van der Waals surface area contributed by atoms with Crippen molar-refractivity contribution in [3.8, 4) is 6.07 Å². The number of aliphatic imine (C=N–C) groups is 2. The molecule has 5 rings (SSSR count). The maximum atomic E-state index is 14.3. The van der Waals surface area contributed by atoms with Gasteiger partial charge in [0.05, 0.1) is 36.8 Å². The Morgan fingerprint density at radius 1 is 1.23 bits per heavy atom. The highest BCUT2D eigenvalue weighted by Gasteiger charge is 2.44. The summed E-state index contributed by atoms with van der Waals surface area (Å²) >= 11 is 0. The van der Waals surface area contributed by atoms with E-state index in [1.807, 2.05) is 18.0 Å². The Morgan fingerprint density at radius 2 is 2.05 bits per heavy atom. The van der Waals surface area contributed by atoms with Gasteiger partial charge in [0.15, 0.2) is 5.78 Å².